The van der Waals surface area contributed by atoms with Crippen molar-refractivity contribution in [1.82, 2.24) is 10.7 Å². The van der Waals surface area contributed by atoms with Crippen LogP contribution in [0.5, 0.6) is 5.75 Å². The minimum absolute atomic E-state index is 0.0838. The van der Waals surface area contributed by atoms with Crippen LogP contribution in [0.2, 0.25) is 0 Å². The highest BCUT2D eigenvalue weighted by Gasteiger charge is 2.07. The number of nitrogens with zero attached hydrogens (tertiary/aromatic N) is 1. The zero-order valence-electron chi connectivity index (χ0n) is 13.3. The van der Waals surface area contributed by atoms with Gasteiger partial charge in [0.1, 0.15) is 17.4 Å². The third kappa shape index (κ3) is 4.99. The normalized spacial score (nSPS) is 11.1. The maximum Gasteiger partial charge on any atom is 0.187 e. The van der Waals surface area contributed by atoms with E-state index in [1.54, 1.807) is 14.0 Å². The van der Waals surface area contributed by atoms with Crippen molar-refractivity contribution in [2.45, 2.75) is 13.5 Å². The number of nitrogens with one attached hydrogen (secondary N) is 2. The van der Waals surface area contributed by atoms with E-state index in [2.05, 4.69) is 15.8 Å². The van der Waals surface area contributed by atoms with Crippen LogP contribution in [0.25, 0.3) is 0 Å². The van der Waals surface area contributed by atoms with Gasteiger partial charge in [0.15, 0.2) is 5.11 Å². The fourth-order valence-corrected chi connectivity index (χ4v) is 2.05. The summed E-state index contributed by atoms with van der Waals surface area (Å²) in [6.45, 7) is 2.07. The van der Waals surface area contributed by atoms with Gasteiger partial charge in [-0.25, -0.2) is 8.78 Å². The zero-order valence-corrected chi connectivity index (χ0v) is 14.1. The van der Waals surface area contributed by atoms with Crippen LogP contribution in [-0.4, -0.2) is 17.9 Å². The molecule has 0 aromatic heterocycles. The van der Waals surface area contributed by atoms with E-state index >= 15 is 0 Å². The standard InChI is InChI=1S/C17H17F2N3OS/c1-11(15-9-13(18)5-8-16(15)19)21-22-17(24)20-10-12-3-6-14(23-2)7-4-12/h3-9H,10H2,1-2H3,(H2,20,22,24)/b21-11-. The second-order valence-corrected chi connectivity index (χ2v) is 5.37. The molecule has 0 heterocycles. The van der Waals surface area contributed by atoms with E-state index in [0.29, 0.717) is 12.3 Å². The Bertz CT molecular complexity index is 748. The minimum atomic E-state index is -0.545. The molecular formula is C17H17F2N3OS. The Morgan fingerprint density at radius 3 is 2.54 bits per heavy atom. The lowest BCUT2D eigenvalue weighted by atomic mass is 10.1. The summed E-state index contributed by atoms with van der Waals surface area (Å²) >= 11 is 5.11. The maximum atomic E-state index is 13.6. The summed E-state index contributed by atoms with van der Waals surface area (Å²) in [4.78, 5) is 0. The lowest BCUT2D eigenvalue weighted by Crippen LogP contribution is -2.32. The molecule has 2 rings (SSSR count). The fourth-order valence-electron chi connectivity index (χ4n) is 1.93. The van der Waals surface area contributed by atoms with Gasteiger partial charge in [0.25, 0.3) is 0 Å². The van der Waals surface area contributed by atoms with Crippen LogP contribution in [-0.2, 0) is 6.54 Å². The highest BCUT2D eigenvalue weighted by atomic mass is 32.1. The number of hydrazone groups is 1. The number of rotatable bonds is 5. The van der Waals surface area contributed by atoms with Crippen molar-refractivity contribution >= 4 is 23.0 Å². The smallest absolute Gasteiger partial charge is 0.187 e. The molecule has 0 unspecified atom stereocenters. The molecule has 0 amide bonds. The maximum absolute atomic E-state index is 13.6. The molecule has 0 radical (unpaired) electrons. The van der Waals surface area contributed by atoms with E-state index in [1.165, 1.54) is 0 Å². The summed E-state index contributed by atoms with van der Waals surface area (Å²) in [5, 5.41) is 7.23. The molecule has 0 aliphatic rings. The van der Waals surface area contributed by atoms with Gasteiger partial charge in [0, 0.05) is 12.1 Å². The lowest BCUT2D eigenvalue weighted by Gasteiger charge is -2.09. The van der Waals surface area contributed by atoms with Crippen LogP contribution in [0, 0.1) is 11.6 Å². The van der Waals surface area contributed by atoms with E-state index in [9.17, 15) is 8.78 Å². The Hall–Kier alpha value is -2.54. The first kappa shape index (κ1) is 17.8. The highest BCUT2D eigenvalue weighted by molar-refractivity contribution is 7.80. The average molecular weight is 349 g/mol. The summed E-state index contributed by atoms with van der Waals surface area (Å²) in [5.41, 5.74) is 4.00. The second-order valence-electron chi connectivity index (χ2n) is 4.96. The van der Waals surface area contributed by atoms with Gasteiger partial charge in [0.05, 0.1) is 12.8 Å². The first-order chi connectivity index (χ1) is 11.5. The monoisotopic (exact) mass is 349 g/mol. The van der Waals surface area contributed by atoms with Gasteiger partial charge in [-0.2, -0.15) is 5.10 Å². The SMILES string of the molecule is COc1ccc(CNC(=S)N/N=C(/C)c2cc(F)ccc2F)cc1. The molecule has 0 spiro atoms. The Morgan fingerprint density at radius 2 is 1.88 bits per heavy atom. The Morgan fingerprint density at radius 1 is 1.17 bits per heavy atom. The molecule has 0 bridgehead atoms. The van der Waals surface area contributed by atoms with Crippen LogP contribution < -0.4 is 15.5 Å². The molecule has 0 aliphatic carbocycles. The molecule has 2 aromatic carbocycles. The molecule has 0 fully saturated rings. The van der Waals surface area contributed by atoms with Crippen LogP contribution in [0.1, 0.15) is 18.1 Å². The molecule has 2 N–H and O–H groups in total. The third-order valence-corrected chi connectivity index (χ3v) is 3.49. The van der Waals surface area contributed by atoms with E-state index in [-0.39, 0.29) is 10.7 Å². The molecule has 7 heteroatoms. The minimum Gasteiger partial charge on any atom is -0.497 e. The van der Waals surface area contributed by atoms with Gasteiger partial charge >= 0.3 is 0 Å². The molecule has 4 nitrogen and oxygen atoms in total. The Labute approximate surface area is 144 Å². The first-order valence-corrected chi connectivity index (χ1v) is 7.57. The van der Waals surface area contributed by atoms with Gasteiger partial charge in [-0.15, -0.1) is 0 Å². The molecule has 24 heavy (non-hydrogen) atoms. The number of methoxy groups -OCH3 is 1. The Kier molecular flexibility index (Phi) is 6.20. The summed E-state index contributed by atoms with van der Waals surface area (Å²) in [7, 11) is 1.61. The van der Waals surface area contributed by atoms with Crippen molar-refractivity contribution in [3.8, 4) is 5.75 Å². The quantitative estimate of drug-likeness (QED) is 0.494. The number of hydrogen-bond acceptors (Lipinski definition) is 3. The van der Waals surface area contributed by atoms with Gasteiger partial charge in [-0.05, 0) is 55.0 Å². The van der Waals surface area contributed by atoms with Gasteiger partial charge < -0.3 is 10.1 Å². The van der Waals surface area contributed by atoms with Crippen molar-refractivity contribution in [3.63, 3.8) is 0 Å². The number of benzene rings is 2. The largest absolute Gasteiger partial charge is 0.497 e. The second kappa shape index (κ2) is 8.35. The van der Waals surface area contributed by atoms with Crippen LogP contribution in [0.3, 0.4) is 0 Å². The zero-order chi connectivity index (χ0) is 17.5. The Balaban J connectivity index is 1.90. The fraction of sp³-hybridized carbons (Fsp3) is 0.176. The molecule has 0 aliphatic heterocycles. The number of halogens is 2. The molecule has 2 aromatic rings. The van der Waals surface area contributed by atoms with Crippen molar-refractivity contribution < 1.29 is 13.5 Å². The van der Waals surface area contributed by atoms with Crippen molar-refractivity contribution in [2.75, 3.05) is 7.11 Å². The summed E-state index contributed by atoms with van der Waals surface area (Å²) in [6.07, 6.45) is 0. The summed E-state index contributed by atoms with van der Waals surface area (Å²) < 4.78 is 31.9. The van der Waals surface area contributed by atoms with E-state index < -0.39 is 11.6 Å². The number of ether oxygens (including phenoxy) is 1. The number of hydrogen-bond donors (Lipinski definition) is 2. The van der Waals surface area contributed by atoms with Gasteiger partial charge in [-0.1, -0.05) is 12.1 Å². The van der Waals surface area contributed by atoms with Crippen molar-refractivity contribution in [3.05, 3.63) is 65.2 Å². The van der Waals surface area contributed by atoms with Gasteiger partial charge in [0.2, 0.25) is 0 Å². The van der Waals surface area contributed by atoms with E-state index in [0.717, 1.165) is 29.5 Å². The molecule has 0 saturated heterocycles. The topological polar surface area (TPSA) is 45.6 Å². The van der Waals surface area contributed by atoms with Crippen LogP contribution in [0.4, 0.5) is 8.78 Å². The summed E-state index contributed by atoms with van der Waals surface area (Å²) in [6, 6.07) is 10.7. The molecular weight excluding hydrogens is 332 g/mol. The molecule has 0 saturated carbocycles. The van der Waals surface area contributed by atoms with Crippen molar-refractivity contribution in [2.24, 2.45) is 5.10 Å². The highest BCUT2D eigenvalue weighted by Crippen LogP contribution is 2.11. The first-order valence-electron chi connectivity index (χ1n) is 7.16. The van der Waals surface area contributed by atoms with Crippen LogP contribution >= 0.6 is 12.2 Å². The molecule has 126 valence electrons. The summed E-state index contributed by atoms with van der Waals surface area (Å²) in [5.74, 6) is -0.297. The predicted molar refractivity (Wildman–Crippen MR) is 94.1 cm³/mol. The van der Waals surface area contributed by atoms with Crippen LogP contribution in [0.15, 0.2) is 47.6 Å². The van der Waals surface area contributed by atoms with Gasteiger partial charge in [-0.3, -0.25) is 5.43 Å². The molecule has 0 atom stereocenters. The van der Waals surface area contributed by atoms with Crippen molar-refractivity contribution in [1.29, 1.82) is 0 Å². The third-order valence-electron chi connectivity index (χ3n) is 3.26. The predicted octanol–water partition coefficient (Wildman–Crippen LogP) is 3.36. The lowest BCUT2D eigenvalue weighted by molar-refractivity contribution is 0.414. The average Bonchev–Trinajstić information content (AvgIpc) is 2.60. The number of thiocarbonyl (C=S) groups is 1. The van der Waals surface area contributed by atoms with E-state index in [1.807, 2.05) is 24.3 Å². The van der Waals surface area contributed by atoms with E-state index in [4.69, 9.17) is 17.0 Å².